The van der Waals surface area contributed by atoms with Crippen LogP contribution >= 0.6 is 11.6 Å². The van der Waals surface area contributed by atoms with Crippen LogP contribution in [0.2, 0.25) is 5.02 Å². The minimum Gasteiger partial charge on any atom is -0.493 e. The van der Waals surface area contributed by atoms with Crippen molar-refractivity contribution in [1.82, 2.24) is 15.0 Å². The quantitative estimate of drug-likeness (QED) is 0.363. The number of para-hydroxylation sites is 1. The third-order valence-electron chi connectivity index (χ3n) is 3.85. The fraction of sp³-hybridized carbons (Fsp3) is 0.333. The van der Waals surface area contributed by atoms with Crippen LogP contribution in [0.1, 0.15) is 44.6 Å². The predicted molar refractivity (Wildman–Crippen MR) is 104 cm³/mol. The monoisotopic (exact) mass is 392 g/mol. The van der Waals surface area contributed by atoms with E-state index in [0.29, 0.717) is 6.42 Å². The molecule has 1 aromatic heterocycles. The van der Waals surface area contributed by atoms with Gasteiger partial charge in [-0.3, -0.25) is 14.6 Å². The van der Waals surface area contributed by atoms with Crippen molar-refractivity contribution in [1.29, 1.82) is 0 Å². The number of hydrogen-bond donors (Lipinski definition) is 3. The summed E-state index contributed by atoms with van der Waals surface area (Å²) in [5, 5.41) is 14.3. The molecule has 0 saturated carbocycles. The van der Waals surface area contributed by atoms with Crippen LogP contribution in [-0.4, -0.2) is 26.8 Å². The van der Waals surface area contributed by atoms with Gasteiger partial charge in [0, 0.05) is 6.42 Å². The van der Waals surface area contributed by atoms with E-state index in [-0.39, 0.29) is 22.2 Å². The van der Waals surface area contributed by atoms with Gasteiger partial charge in [0.1, 0.15) is 5.56 Å². The number of nitrogens with one attached hydrogen (secondary N) is 2. The van der Waals surface area contributed by atoms with Gasteiger partial charge in [0.25, 0.3) is 5.56 Å². The number of aromatic nitrogens is 2. The number of nitrogens with zero attached hydrogens (tertiary/aromatic N) is 2. The third-order valence-corrected chi connectivity index (χ3v) is 4.17. The van der Waals surface area contributed by atoms with Crippen LogP contribution in [-0.2, 0) is 4.79 Å². The summed E-state index contributed by atoms with van der Waals surface area (Å²) in [4.78, 5) is 37.9. The zero-order valence-corrected chi connectivity index (χ0v) is 15.6. The Morgan fingerprint density at radius 3 is 2.74 bits per heavy atom. The van der Waals surface area contributed by atoms with Gasteiger partial charge in [-0.25, -0.2) is 14.8 Å². The van der Waals surface area contributed by atoms with Gasteiger partial charge in [-0.15, -0.1) is 0 Å². The SMILES string of the molecule is CCCCCCC(=O)N/N=C\c1c(O)n(-c2ccccc2Cl)c(=O)[nH]c1=O. The zero-order chi connectivity index (χ0) is 19.8. The fourth-order valence-corrected chi connectivity index (χ4v) is 2.67. The van der Waals surface area contributed by atoms with E-state index in [1.807, 2.05) is 0 Å². The summed E-state index contributed by atoms with van der Waals surface area (Å²) in [6, 6.07) is 6.35. The lowest BCUT2D eigenvalue weighted by molar-refractivity contribution is -0.121. The average Bonchev–Trinajstić information content (AvgIpc) is 2.63. The molecule has 1 amide bonds. The van der Waals surface area contributed by atoms with Crippen LogP contribution in [0.4, 0.5) is 0 Å². The number of benzene rings is 1. The largest absolute Gasteiger partial charge is 0.493 e. The van der Waals surface area contributed by atoms with Crippen LogP contribution in [0.3, 0.4) is 0 Å². The molecule has 9 heteroatoms. The fourth-order valence-electron chi connectivity index (χ4n) is 2.45. The lowest BCUT2D eigenvalue weighted by Gasteiger charge is -2.10. The molecule has 27 heavy (non-hydrogen) atoms. The molecule has 0 aliphatic heterocycles. The lowest BCUT2D eigenvalue weighted by Crippen LogP contribution is -2.31. The van der Waals surface area contributed by atoms with Crippen molar-refractivity contribution in [2.45, 2.75) is 39.0 Å². The van der Waals surface area contributed by atoms with E-state index < -0.39 is 17.1 Å². The van der Waals surface area contributed by atoms with Crippen molar-refractivity contribution in [3.63, 3.8) is 0 Å². The highest BCUT2D eigenvalue weighted by molar-refractivity contribution is 6.32. The summed E-state index contributed by atoms with van der Waals surface area (Å²) < 4.78 is 0.859. The van der Waals surface area contributed by atoms with Crippen LogP contribution in [0.5, 0.6) is 5.88 Å². The first kappa shape index (κ1) is 20.4. The Balaban J connectivity index is 2.22. The summed E-state index contributed by atoms with van der Waals surface area (Å²) in [6.07, 6.45) is 5.14. The van der Waals surface area contributed by atoms with Crippen molar-refractivity contribution in [2.24, 2.45) is 5.10 Å². The summed E-state index contributed by atoms with van der Waals surface area (Å²) in [6.45, 7) is 2.08. The number of hydrazone groups is 1. The van der Waals surface area contributed by atoms with E-state index in [2.05, 4.69) is 22.4 Å². The topological polar surface area (TPSA) is 117 Å². The number of rotatable bonds is 8. The molecule has 1 heterocycles. The molecule has 0 aliphatic rings. The van der Waals surface area contributed by atoms with E-state index in [0.717, 1.165) is 36.5 Å². The summed E-state index contributed by atoms with van der Waals surface area (Å²) in [5.74, 6) is -0.921. The van der Waals surface area contributed by atoms with E-state index in [4.69, 9.17) is 11.6 Å². The molecule has 0 bridgehead atoms. The number of halogens is 1. The van der Waals surface area contributed by atoms with Gasteiger partial charge < -0.3 is 5.11 Å². The van der Waals surface area contributed by atoms with Crippen molar-refractivity contribution >= 4 is 23.7 Å². The number of aromatic amines is 1. The van der Waals surface area contributed by atoms with Gasteiger partial charge in [-0.2, -0.15) is 5.10 Å². The molecule has 0 saturated heterocycles. The van der Waals surface area contributed by atoms with E-state index in [1.54, 1.807) is 18.2 Å². The molecular formula is C18H21ClN4O4. The Bertz CT molecular complexity index is 949. The average molecular weight is 393 g/mol. The minimum atomic E-state index is -0.845. The predicted octanol–water partition coefficient (Wildman–Crippen LogP) is 2.31. The van der Waals surface area contributed by atoms with Crippen LogP contribution < -0.4 is 16.7 Å². The first-order valence-corrected chi connectivity index (χ1v) is 8.98. The molecule has 2 aromatic rings. The van der Waals surface area contributed by atoms with Gasteiger partial charge in [0.2, 0.25) is 11.8 Å². The Morgan fingerprint density at radius 2 is 2.04 bits per heavy atom. The molecule has 1 aromatic carbocycles. The molecule has 0 aliphatic carbocycles. The van der Waals surface area contributed by atoms with E-state index in [1.165, 1.54) is 6.07 Å². The second-order valence-corrected chi connectivity index (χ2v) is 6.29. The summed E-state index contributed by atoms with van der Waals surface area (Å²) >= 11 is 6.06. The number of H-pyrrole nitrogens is 1. The highest BCUT2D eigenvalue weighted by atomic mass is 35.5. The van der Waals surface area contributed by atoms with Crippen LogP contribution in [0, 0.1) is 0 Å². The van der Waals surface area contributed by atoms with E-state index >= 15 is 0 Å². The van der Waals surface area contributed by atoms with Gasteiger partial charge in [-0.05, 0) is 18.6 Å². The summed E-state index contributed by atoms with van der Waals surface area (Å²) in [7, 11) is 0. The molecule has 3 N–H and O–H groups in total. The van der Waals surface area contributed by atoms with Crippen LogP contribution in [0.15, 0.2) is 39.0 Å². The molecule has 8 nitrogen and oxygen atoms in total. The smallest absolute Gasteiger partial charge is 0.335 e. The van der Waals surface area contributed by atoms with Gasteiger partial charge in [0.15, 0.2) is 0 Å². The summed E-state index contributed by atoms with van der Waals surface area (Å²) in [5.41, 5.74) is 0.549. The van der Waals surface area contributed by atoms with Crippen molar-refractivity contribution < 1.29 is 9.90 Å². The minimum absolute atomic E-state index is 0.201. The first-order valence-electron chi connectivity index (χ1n) is 8.60. The number of carbonyl (C=O) groups is 1. The number of unbranched alkanes of at least 4 members (excludes halogenated alkanes) is 3. The standard InChI is InChI=1S/C18H21ClN4O4/c1-2-3-4-5-10-15(24)22-20-11-12-16(25)21-18(27)23(17(12)26)14-9-7-6-8-13(14)19/h6-9,11,26H,2-5,10H2,1H3,(H,22,24)(H,21,25,27)/b20-11-. The maximum absolute atomic E-state index is 12.1. The molecule has 0 spiro atoms. The Kier molecular flexibility index (Phi) is 7.36. The van der Waals surface area contributed by atoms with Gasteiger partial charge in [0.05, 0.1) is 16.9 Å². The van der Waals surface area contributed by atoms with Gasteiger partial charge >= 0.3 is 5.69 Å². The maximum atomic E-state index is 12.1. The molecule has 0 unspecified atom stereocenters. The van der Waals surface area contributed by atoms with E-state index in [9.17, 15) is 19.5 Å². The molecule has 144 valence electrons. The number of amides is 1. The highest BCUT2D eigenvalue weighted by Gasteiger charge is 2.16. The number of hydrogen-bond acceptors (Lipinski definition) is 5. The third kappa shape index (κ3) is 5.30. The Hall–Kier alpha value is -2.87. The molecule has 0 fully saturated rings. The second-order valence-electron chi connectivity index (χ2n) is 5.89. The van der Waals surface area contributed by atoms with Crippen molar-refractivity contribution in [2.75, 3.05) is 0 Å². The zero-order valence-electron chi connectivity index (χ0n) is 14.9. The normalized spacial score (nSPS) is 11.0. The molecule has 0 atom stereocenters. The number of carbonyl (C=O) groups excluding carboxylic acids is 1. The number of aromatic hydroxyl groups is 1. The lowest BCUT2D eigenvalue weighted by atomic mass is 10.1. The van der Waals surface area contributed by atoms with Gasteiger partial charge in [-0.1, -0.05) is 49.9 Å². The molecule has 2 rings (SSSR count). The maximum Gasteiger partial charge on any atom is 0.335 e. The molecule has 0 radical (unpaired) electrons. The Morgan fingerprint density at radius 1 is 1.30 bits per heavy atom. The first-order chi connectivity index (χ1) is 13.0. The Labute approximate surface area is 160 Å². The van der Waals surface area contributed by atoms with Crippen molar-refractivity contribution in [3.8, 4) is 11.6 Å². The second kappa shape index (κ2) is 9.72. The van der Waals surface area contributed by atoms with Crippen molar-refractivity contribution in [3.05, 3.63) is 55.7 Å². The molecular weight excluding hydrogens is 372 g/mol. The van der Waals surface area contributed by atoms with Crippen LogP contribution in [0.25, 0.3) is 5.69 Å². The highest BCUT2D eigenvalue weighted by Crippen LogP contribution is 2.22.